The molecule has 3 N–H and O–H groups in total. The zero-order valence-corrected chi connectivity index (χ0v) is 20.7. The SMILES string of the molecule is C=C(NCC(C)(C)C(=C)O)c1ncc(-c2cccc(COc3ccc(CCOC)cc3)c2)cc1O. The van der Waals surface area contributed by atoms with E-state index in [1.807, 2.05) is 62.4 Å². The van der Waals surface area contributed by atoms with Crippen molar-refractivity contribution in [2.24, 2.45) is 5.41 Å². The Morgan fingerprint density at radius 1 is 1.03 bits per heavy atom. The predicted molar refractivity (Wildman–Crippen MR) is 140 cm³/mol. The zero-order valence-electron chi connectivity index (χ0n) is 20.7. The summed E-state index contributed by atoms with van der Waals surface area (Å²) in [7, 11) is 1.70. The quantitative estimate of drug-likeness (QED) is 0.284. The number of pyridine rings is 1. The van der Waals surface area contributed by atoms with E-state index in [2.05, 4.69) is 23.5 Å². The second kappa shape index (κ2) is 11.6. The lowest BCUT2D eigenvalue weighted by Gasteiger charge is -2.24. The van der Waals surface area contributed by atoms with Crippen molar-refractivity contribution in [2.45, 2.75) is 26.9 Å². The number of aromatic nitrogens is 1. The molecule has 0 spiro atoms. The van der Waals surface area contributed by atoms with Gasteiger partial charge < -0.3 is 25.0 Å². The molecule has 0 saturated heterocycles. The van der Waals surface area contributed by atoms with Crippen LogP contribution in [0, 0.1) is 5.41 Å². The molecule has 0 aliphatic rings. The van der Waals surface area contributed by atoms with Crippen molar-refractivity contribution in [1.82, 2.24) is 10.3 Å². The van der Waals surface area contributed by atoms with E-state index in [1.54, 1.807) is 19.4 Å². The number of ether oxygens (including phenoxy) is 2. The lowest BCUT2D eigenvalue weighted by atomic mass is 9.91. The molecule has 2 aromatic carbocycles. The monoisotopic (exact) mass is 474 g/mol. The normalized spacial score (nSPS) is 11.2. The third kappa shape index (κ3) is 7.11. The maximum atomic E-state index is 10.6. The Morgan fingerprint density at radius 3 is 2.43 bits per heavy atom. The molecule has 6 heteroatoms. The van der Waals surface area contributed by atoms with Gasteiger partial charge in [0, 0.05) is 30.8 Å². The van der Waals surface area contributed by atoms with Crippen molar-refractivity contribution >= 4 is 5.70 Å². The van der Waals surface area contributed by atoms with Gasteiger partial charge in [-0.15, -0.1) is 0 Å². The minimum absolute atomic E-state index is 0.0239. The third-order valence-electron chi connectivity index (χ3n) is 5.86. The molecule has 0 bridgehead atoms. The van der Waals surface area contributed by atoms with E-state index < -0.39 is 5.41 Å². The summed E-state index contributed by atoms with van der Waals surface area (Å²) < 4.78 is 11.1. The maximum Gasteiger partial charge on any atom is 0.143 e. The first-order valence-electron chi connectivity index (χ1n) is 11.5. The molecule has 0 saturated carbocycles. The van der Waals surface area contributed by atoms with Crippen LogP contribution in [0.3, 0.4) is 0 Å². The molecule has 0 unspecified atom stereocenters. The highest BCUT2D eigenvalue weighted by atomic mass is 16.5. The summed E-state index contributed by atoms with van der Waals surface area (Å²) in [5.41, 5.74) is 4.22. The lowest BCUT2D eigenvalue weighted by Crippen LogP contribution is -2.29. The number of benzene rings is 2. The molecule has 3 rings (SSSR count). The Morgan fingerprint density at radius 2 is 1.77 bits per heavy atom. The van der Waals surface area contributed by atoms with Gasteiger partial charge in [0.05, 0.1) is 18.1 Å². The van der Waals surface area contributed by atoms with Gasteiger partial charge in [-0.25, -0.2) is 0 Å². The minimum atomic E-state index is -0.535. The van der Waals surface area contributed by atoms with E-state index in [0.29, 0.717) is 31.1 Å². The smallest absolute Gasteiger partial charge is 0.143 e. The average molecular weight is 475 g/mol. The first-order valence-corrected chi connectivity index (χ1v) is 11.5. The topological polar surface area (TPSA) is 83.8 Å². The number of aliphatic hydroxyl groups is 1. The number of aromatic hydroxyl groups is 1. The molecule has 35 heavy (non-hydrogen) atoms. The fraction of sp³-hybridized carbons (Fsp3) is 0.276. The predicted octanol–water partition coefficient (Wildman–Crippen LogP) is 5.88. The Bertz CT molecular complexity index is 1170. The van der Waals surface area contributed by atoms with Gasteiger partial charge in [0.1, 0.15) is 23.8 Å². The molecular formula is C29H34N2O4. The van der Waals surface area contributed by atoms with Crippen LogP contribution in [0.2, 0.25) is 0 Å². The van der Waals surface area contributed by atoms with E-state index in [0.717, 1.165) is 28.9 Å². The Labute approximate surface area is 207 Å². The number of rotatable bonds is 12. The van der Waals surface area contributed by atoms with Crippen molar-refractivity contribution in [3.63, 3.8) is 0 Å². The molecule has 1 heterocycles. The Balaban J connectivity index is 1.65. The second-order valence-corrected chi connectivity index (χ2v) is 9.13. The highest BCUT2D eigenvalue weighted by molar-refractivity contribution is 5.70. The lowest BCUT2D eigenvalue weighted by molar-refractivity contribution is 0.202. The molecule has 184 valence electrons. The molecule has 0 aliphatic carbocycles. The van der Waals surface area contributed by atoms with Crippen molar-refractivity contribution in [3.8, 4) is 22.6 Å². The van der Waals surface area contributed by atoms with E-state index in [4.69, 9.17) is 9.47 Å². The van der Waals surface area contributed by atoms with Crippen molar-refractivity contribution < 1.29 is 19.7 Å². The third-order valence-corrected chi connectivity index (χ3v) is 5.86. The summed E-state index contributed by atoms with van der Waals surface area (Å²) in [6.07, 6.45) is 2.58. The average Bonchev–Trinajstić information content (AvgIpc) is 2.85. The van der Waals surface area contributed by atoms with Gasteiger partial charge in [-0.05, 0) is 47.4 Å². The fourth-order valence-electron chi connectivity index (χ4n) is 3.34. The standard InChI is InChI=1S/C29H34N2O4/c1-20(31-19-29(3,4)21(2)32)28-27(33)16-25(17-30-28)24-8-6-7-23(15-24)18-35-26-11-9-22(10-12-26)13-14-34-5/h6-12,15-17,31-33H,1-2,13-14,18-19H2,3-5H3. The van der Waals surface area contributed by atoms with Crippen molar-refractivity contribution in [2.75, 3.05) is 20.3 Å². The maximum absolute atomic E-state index is 10.6. The molecule has 0 amide bonds. The summed E-state index contributed by atoms with van der Waals surface area (Å²) in [6, 6.07) is 17.6. The molecular weight excluding hydrogens is 440 g/mol. The molecule has 3 aromatic rings. The second-order valence-electron chi connectivity index (χ2n) is 9.13. The number of nitrogens with one attached hydrogen (secondary N) is 1. The number of nitrogens with zero attached hydrogens (tertiary/aromatic N) is 1. The van der Waals surface area contributed by atoms with Crippen LogP contribution in [-0.2, 0) is 17.8 Å². The molecule has 6 nitrogen and oxygen atoms in total. The van der Waals surface area contributed by atoms with Crippen molar-refractivity contribution in [1.29, 1.82) is 0 Å². The van der Waals surface area contributed by atoms with Gasteiger partial charge in [0.25, 0.3) is 0 Å². The van der Waals surface area contributed by atoms with Gasteiger partial charge in [0.2, 0.25) is 0 Å². The van der Waals surface area contributed by atoms with Gasteiger partial charge in [-0.2, -0.15) is 0 Å². The minimum Gasteiger partial charge on any atom is -0.512 e. The van der Waals surface area contributed by atoms with Crippen LogP contribution < -0.4 is 10.1 Å². The summed E-state index contributed by atoms with van der Waals surface area (Å²) in [5, 5.41) is 23.4. The van der Waals surface area contributed by atoms with E-state index in [1.165, 1.54) is 5.56 Å². The molecule has 0 atom stereocenters. The molecule has 0 radical (unpaired) electrons. The fourth-order valence-corrected chi connectivity index (χ4v) is 3.34. The Kier molecular flexibility index (Phi) is 8.55. The van der Waals surface area contributed by atoms with Crippen LogP contribution in [0.15, 0.2) is 79.7 Å². The number of aliphatic hydroxyl groups excluding tert-OH is 1. The van der Waals surface area contributed by atoms with E-state index in [9.17, 15) is 10.2 Å². The van der Waals surface area contributed by atoms with Crippen LogP contribution in [0.25, 0.3) is 16.8 Å². The van der Waals surface area contributed by atoms with Crippen LogP contribution in [-0.4, -0.2) is 35.5 Å². The number of hydrogen-bond acceptors (Lipinski definition) is 6. The molecule has 0 fully saturated rings. The highest BCUT2D eigenvalue weighted by Gasteiger charge is 2.22. The highest BCUT2D eigenvalue weighted by Crippen LogP contribution is 2.29. The van der Waals surface area contributed by atoms with Crippen LogP contribution in [0.4, 0.5) is 0 Å². The van der Waals surface area contributed by atoms with Gasteiger partial charge in [-0.1, -0.05) is 57.3 Å². The summed E-state index contributed by atoms with van der Waals surface area (Å²) >= 11 is 0. The first-order chi connectivity index (χ1) is 16.7. The summed E-state index contributed by atoms with van der Waals surface area (Å²) in [4.78, 5) is 4.42. The van der Waals surface area contributed by atoms with Gasteiger partial charge in [0.15, 0.2) is 0 Å². The molecule has 1 aromatic heterocycles. The summed E-state index contributed by atoms with van der Waals surface area (Å²) in [6.45, 7) is 12.8. The van der Waals surface area contributed by atoms with Crippen LogP contribution >= 0.6 is 0 Å². The van der Waals surface area contributed by atoms with Crippen LogP contribution in [0.1, 0.15) is 30.7 Å². The number of methoxy groups -OCH3 is 1. The van der Waals surface area contributed by atoms with Crippen LogP contribution in [0.5, 0.6) is 11.5 Å². The van der Waals surface area contributed by atoms with E-state index >= 15 is 0 Å². The number of hydrogen-bond donors (Lipinski definition) is 3. The molecule has 0 aliphatic heterocycles. The summed E-state index contributed by atoms with van der Waals surface area (Å²) in [5.74, 6) is 0.906. The first kappa shape index (κ1) is 25.8. The Hall–Kier alpha value is -3.77. The van der Waals surface area contributed by atoms with Crippen molar-refractivity contribution in [3.05, 3.63) is 96.5 Å². The van der Waals surface area contributed by atoms with Gasteiger partial charge >= 0.3 is 0 Å². The van der Waals surface area contributed by atoms with Gasteiger partial charge in [-0.3, -0.25) is 4.98 Å². The zero-order chi connectivity index (χ0) is 25.4. The largest absolute Gasteiger partial charge is 0.512 e. The van der Waals surface area contributed by atoms with E-state index in [-0.39, 0.29) is 11.5 Å².